The van der Waals surface area contributed by atoms with Crippen LogP contribution in [0, 0.1) is 18.3 Å². The van der Waals surface area contributed by atoms with E-state index in [4.69, 9.17) is 6.42 Å². The molecule has 0 saturated carbocycles. The molecule has 1 unspecified atom stereocenters. The summed E-state index contributed by atoms with van der Waals surface area (Å²) in [4.78, 5) is 18.7. The topological polar surface area (TPSA) is 38.8 Å². The molecule has 1 atom stereocenters. The zero-order valence-electron chi connectivity index (χ0n) is 13.9. The number of hydrogen-bond donors (Lipinski definition) is 1. The maximum Gasteiger partial charge on any atom is 0.317 e. The lowest BCUT2D eigenvalue weighted by Crippen LogP contribution is -2.52. The first kappa shape index (κ1) is 17.1. The fourth-order valence-electron chi connectivity index (χ4n) is 3.34. The van der Waals surface area contributed by atoms with Crippen molar-refractivity contribution in [1.29, 1.82) is 0 Å². The van der Waals surface area contributed by atoms with E-state index >= 15 is 0 Å². The van der Waals surface area contributed by atoms with Crippen LogP contribution in [-0.4, -0.2) is 79.6 Å². The summed E-state index contributed by atoms with van der Waals surface area (Å²) in [5.41, 5.74) is 0. The summed E-state index contributed by atoms with van der Waals surface area (Å²) in [6, 6.07) is 0.0763. The fraction of sp³-hybridized carbons (Fsp3) is 0.824. The molecule has 2 fully saturated rings. The van der Waals surface area contributed by atoms with Crippen LogP contribution in [0.15, 0.2) is 0 Å². The van der Waals surface area contributed by atoms with Gasteiger partial charge in [-0.25, -0.2) is 4.79 Å². The molecule has 2 saturated heterocycles. The summed E-state index contributed by atoms with van der Waals surface area (Å²) >= 11 is 0. The summed E-state index contributed by atoms with van der Waals surface area (Å²) in [5.74, 6) is 3.48. The van der Waals surface area contributed by atoms with Crippen LogP contribution in [0.1, 0.15) is 26.2 Å². The van der Waals surface area contributed by atoms with Crippen molar-refractivity contribution in [1.82, 2.24) is 20.0 Å². The Morgan fingerprint density at radius 3 is 2.68 bits per heavy atom. The van der Waals surface area contributed by atoms with Gasteiger partial charge in [-0.2, -0.15) is 0 Å². The molecule has 2 aliphatic heterocycles. The molecule has 0 aromatic rings. The van der Waals surface area contributed by atoms with E-state index in [-0.39, 0.29) is 6.03 Å². The SMILES string of the molecule is C#CCN1CCN(C(=O)NCCCN2CCCC(C)C2)CC1. The van der Waals surface area contributed by atoms with Gasteiger partial charge in [-0.05, 0) is 38.3 Å². The van der Waals surface area contributed by atoms with Crippen molar-refractivity contribution in [3.63, 3.8) is 0 Å². The number of urea groups is 1. The second kappa shape index (κ2) is 9.02. The molecule has 124 valence electrons. The maximum atomic E-state index is 12.1. The third kappa shape index (κ3) is 5.51. The van der Waals surface area contributed by atoms with Crippen LogP contribution in [0.3, 0.4) is 0 Å². The highest BCUT2D eigenvalue weighted by atomic mass is 16.2. The van der Waals surface area contributed by atoms with Crippen LogP contribution in [-0.2, 0) is 0 Å². The quantitative estimate of drug-likeness (QED) is 0.610. The van der Waals surface area contributed by atoms with E-state index in [9.17, 15) is 4.79 Å². The number of nitrogens with one attached hydrogen (secondary N) is 1. The van der Waals surface area contributed by atoms with Crippen molar-refractivity contribution in [2.45, 2.75) is 26.2 Å². The van der Waals surface area contributed by atoms with Gasteiger partial charge in [-0.3, -0.25) is 4.90 Å². The number of piperazine rings is 1. The van der Waals surface area contributed by atoms with Gasteiger partial charge in [-0.1, -0.05) is 12.8 Å². The van der Waals surface area contributed by atoms with Crippen LogP contribution in [0.2, 0.25) is 0 Å². The van der Waals surface area contributed by atoms with E-state index in [2.05, 4.69) is 28.0 Å². The van der Waals surface area contributed by atoms with Crippen LogP contribution < -0.4 is 5.32 Å². The summed E-state index contributed by atoms with van der Waals surface area (Å²) < 4.78 is 0. The Labute approximate surface area is 135 Å². The molecule has 0 spiro atoms. The van der Waals surface area contributed by atoms with Gasteiger partial charge in [0, 0.05) is 39.3 Å². The van der Waals surface area contributed by atoms with E-state index in [0.29, 0.717) is 6.54 Å². The lowest BCUT2D eigenvalue weighted by Gasteiger charge is -2.34. The molecule has 0 aliphatic carbocycles. The van der Waals surface area contributed by atoms with Crippen LogP contribution in [0.5, 0.6) is 0 Å². The molecule has 0 radical (unpaired) electrons. The van der Waals surface area contributed by atoms with Crippen molar-refractivity contribution < 1.29 is 4.79 Å². The Balaban J connectivity index is 1.55. The number of hydrogen-bond acceptors (Lipinski definition) is 3. The standard InChI is InChI=1S/C17H30N4O/c1-3-8-19-11-13-21(14-12-19)17(22)18-7-5-10-20-9-4-6-16(2)15-20/h1,16H,4-15H2,2H3,(H,18,22). The average Bonchev–Trinajstić information content (AvgIpc) is 2.52. The minimum atomic E-state index is 0.0763. The summed E-state index contributed by atoms with van der Waals surface area (Å²) in [6.07, 6.45) is 9.03. The number of carbonyl (C=O) groups excluding carboxylic acids is 1. The highest BCUT2D eigenvalue weighted by Crippen LogP contribution is 2.15. The molecule has 2 aliphatic rings. The number of nitrogens with zero attached hydrogens (tertiary/aromatic N) is 3. The zero-order valence-corrected chi connectivity index (χ0v) is 13.9. The van der Waals surface area contributed by atoms with E-state index < -0.39 is 0 Å². The van der Waals surface area contributed by atoms with Crippen LogP contribution >= 0.6 is 0 Å². The number of rotatable bonds is 5. The highest BCUT2D eigenvalue weighted by molar-refractivity contribution is 5.74. The van der Waals surface area contributed by atoms with Gasteiger partial charge in [0.05, 0.1) is 6.54 Å². The van der Waals surface area contributed by atoms with E-state index in [1.165, 1.54) is 25.9 Å². The zero-order chi connectivity index (χ0) is 15.8. The Hall–Kier alpha value is -1.25. The molecular weight excluding hydrogens is 276 g/mol. The van der Waals surface area contributed by atoms with Gasteiger partial charge in [0.15, 0.2) is 0 Å². The average molecular weight is 306 g/mol. The molecule has 0 aromatic carbocycles. The summed E-state index contributed by atoms with van der Waals surface area (Å²) in [7, 11) is 0. The Morgan fingerprint density at radius 2 is 2.00 bits per heavy atom. The summed E-state index contributed by atoms with van der Waals surface area (Å²) in [5, 5.41) is 3.05. The predicted octanol–water partition coefficient (Wildman–Crippen LogP) is 1.07. The lowest BCUT2D eigenvalue weighted by molar-refractivity contribution is 0.146. The van der Waals surface area contributed by atoms with Crippen molar-refractivity contribution in [3.05, 3.63) is 0 Å². The number of piperidine rings is 1. The normalized spacial score (nSPS) is 24.0. The first-order valence-corrected chi connectivity index (χ1v) is 8.60. The lowest BCUT2D eigenvalue weighted by atomic mass is 10.0. The monoisotopic (exact) mass is 306 g/mol. The fourth-order valence-corrected chi connectivity index (χ4v) is 3.34. The van der Waals surface area contributed by atoms with Crippen LogP contribution in [0.25, 0.3) is 0 Å². The second-order valence-electron chi connectivity index (χ2n) is 6.60. The highest BCUT2D eigenvalue weighted by Gasteiger charge is 2.20. The minimum absolute atomic E-state index is 0.0763. The molecule has 0 aromatic heterocycles. The third-order valence-corrected chi connectivity index (χ3v) is 4.64. The molecule has 2 heterocycles. The molecule has 0 bridgehead atoms. The van der Waals surface area contributed by atoms with E-state index in [0.717, 1.165) is 51.6 Å². The van der Waals surface area contributed by atoms with Crippen molar-refractivity contribution >= 4 is 6.03 Å². The number of amides is 2. The van der Waals surface area contributed by atoms with Gasteiger partial charge in [0.2, 0.25) is 0 Å². The molecular formula is C17H30N4O. The first-order chi connectivity index (χ1) is 10.7. The minimum Gasteiger partial charge on any atom is -0.338 e. The molecule has 1 N–H and O–H groups in total. The molecule has 5 nitrogen and oxygen atoms in total. The Kier molecular flexibility index (Phi) is 7.01. The first-order valence-electron chi connectivity index (χ1n) is 8.60. The molecule has 2 rings (SSSR count). The third-order valence-electron chi connectivity index (χ3n) is 4.64. The van der Waals surface area contributed by atoms with Crippen molar-refractivity contribution in [3.8, 4) is 12.3 Å². The van der Waals surface area contributed by atoms with Gasteiger partial charge >= 0.3 is 6.03 Å². The van der Waals surface area contributed by atoms with Gasteiger partial charge in [0.25, 0.3) is 0 Å². The predicted molar refractivity (Wildman–Crippen MR) is 89.7 cm³/mol. The molecule has 22 heavy (non-hydrogen) atoms. The number of carbonyl (C=O) groups is 1. The van der Waals surface area contributed by atoms with E-state index in [1.807, 2.05) is 4.90 Å². The number of terminal acetylenes is 1. The maximum absolute atomic E-state index is 12.1. The largest absolute Gasteiger partial charge is 0.338 e. The van der Waals surface area contributed by atoms with Gasteiger partial charge in [0.1, 0.15) is 0 Å². The van der Waals surface area contributed by atoms with Crippen molar-refractivity contribution in [2.75, 3.05) is 58.9 Å². The van der Waals surface area contributed by atoms with Gasteiger partial charge in [-0.15, -0.1) is 6.42 Å². The van der Waals surface area contributed by atoms with Gasteiger partial charge < -0.3 is 15.1 Å². The number of likely N-dealkylation sites (tertiary alicyclic amines) is 1. The molecule has 2 amide bonds. The molecule has 5 heteroatoms. The summed E-state index contributed by atoms with van der Waals surface area (Å²) in [6.45, 7) is 10.6. The smallest absolute Gasteiger partial charge is 0.317 e. The van der Waals surface area contributed by atoms with E-state index in [1.54, 1.807) is 0 Å². The van der Waals surface area contributed by atoms with Crippen LogP contribution in [0.4, 0.5) is 4.79 Å². The van der Waals surface area contributed by atoms with Crippen molar-refractivity contribution in [2.24, 2.45) is 5.92 Å². The second-order valence-corrected chi connectivity index (χ2v) is 6.60. The Bertz CT molecular complexity index is 385. The Morgan fingerprint density at radius 1 is 1.23 bits per heavy atom.